The first-order valence-electron chi connectivity index (χ1n) is 8.74. The summed E-state index contributed by atoms with van der Waals surface area (Å²) in [5.41, 5.74) is 0. The smallest absolute Gasteiger partial charge is 0.250 e. The maximum Gasteiger partial charge on any atom is 0.250 e. The predicted octanol–water partition coefficient (Wildman–Crippen LogP) is 6.28. The second kappa shape index (κ2) is 8.17. The second-order valence-corrected chi connectivity index (χ2v) is 17.2. The average Bonchev–Trinajstić information content (AvgIpc) is 2.47. The van der Waals surface area contributed by atoms with Crippen LogP contribution in [0.3, 0.4) is 0 Å². The molecule has 0 saturated heterocycles. The number of allylic oxidation sites excluding steroid dienone is 3. The molecule has 0 radical (unpaired) electrons. The molecule has 0 aliphatic rings. The van der Waals surface area contributed by atoms with Crippen molar-refractivity contribution >= 4 is 21.6 Å². The third-order valence-corrected chi connectivity index (χ3v) is 14.4. The Bertz CT molecular complexity index is 538. The number of hydrogen-bond acceptors (Lipinski definition) is 1. The highest BCUT2D eigenvalue weighted by molar-refractivity contribution is 6.92. The van der Waals surface area contributed by atoms with Gasteiger partial charge in [-0.1, -0.05) is 56.3 Å². The maximum atomic E-state index is 6.41. The second-order valence-electron chi connectivity index (χ2n) is 8.15. The zero-order valence-electron chi connectivity index (χ0n) is 16.2. The Morgan fingerprint density at radius 1 is 0.875 bits per heavy atom. The van der Waals surface area contributed by atoms with Gasteiger partial charge in [-0.05, 0) is 48.4 Å². The summed E-state index contributed by atoms with van der Waals surface area (Å²) in [6.07, 6.45) is 6.16. The number of rotatable bonds is 9. The standard InChI is InChI=1S/C21H34OSi2/c1-9-16-24(17-10-2,18-11-3)20-14-12-19(13-15-20)22-23(7,8)21(4,5)6/h9-15H,1-3,16-18H2,4-8H3. The zero-order valence-corrected chi connectivity index (χ0v) is 18.2. The molecule has 132 valence electrons. The van der Waals surface area contributed by atoms with E-state index in [0.717, 1.165) is 23.9 Å². The Kier molecular flexibility index (Phi) is 7.05. The van der Waals surface area contributed by atoms with Gasteiger partial charge in [-0.3, -0.25) is 0 Å². The molecule has 0 aromatic heterocycles. The molecule has 0 unspecified atom stereocenters. The first-order valence-corrected chi connectivity index (χ1v) is 14.3. The van der Waals surface area contributed by atoms with Crippen LogP contribution in [0.4, 0.5) is 0 Å². The third-order valence-electron chi connectivity index (χ3n) is 5.25. The Hall–Kier alpha value is -1.33. The van der Waals surface area contributed by atoms with Crippen LogP contribution in [0.2, 0.25) is 36.3 Å². The van der Waals surface area contributed by atoms with Gasteiger partial charge in [-0.25, -0.2) is 0 Å². The van der Waals surface area contributed by atoms with E-state index in [-0.39, 0.29) is 5.04 Å². The van der Waals surface area contributed by atoms with E-state index in [9.17, 15) is 0 Å². The van der Waals surface area contributed by atoms with Crippen LogP contribution < -0.4 is 9.61 Å². The minimum absolute atomic E-state index is 0.207. The number of benzene rings is 1. The van der Waals surface area contributed by atoms with Gasteiger partial charge in [0.1, 0.15) is 5.75 Å². The van der Waals surface area contributed by atoms with E-state index in [1.807, 2.05) is 0 Å². The van der Waals surface area contributed by atoms with E-state index in [1.165, 1.54) is 5.19 Å². The first kappa shape index (κ1) is 20.7. The molecule has 0 N–H and O–H groups in total. The van der Waals surface area contributed by atoms with Crippen molar-refractivity contribution in [3.8, 4) is 5.75 Å². The fourth-order valence-electron chi connectivity index (χ4n) is 2.76. The largest absolute Gasteiger partial charge is 0.544 e. The molecule has 3 heteroatoms. The molecule has 0 aliphatic carbocycles. The quantitative estimate of drug-likeness (QED) is 0.372. The molecule has 0 bridgehead atoms. The molecule has 0 spiro atoms. The third kappa shape index (κ3) is 4.84. The fraction of sp³-hybridized carbons (Fsp3) is 0.429. The van der Waals surface area contributed by atoms with Crippen LogP contribution in [0.1, 0.15) is 20.8 Å². The Balaban J connectivity index is 3.12. The van der Waals surface area contributed by atoms with Crippen LogP contribution >= 0.6 is 0 Å². The van der Waals surface area contributed by atoms with Crippen molar-refractivity contribution in [2.24, 2.45) is 0 Å². The van der Waals surface area contributed by atoms with Crippen molar-refractivity contribution in [1.82, 2.24) is 0 Å². The zero-order chi connectivity index (χ0) is 18.4. The van der Waals surface area contributed by atoms with Crippen LogP contribution in [0.25, 0.3) is 0 Å². The Labute approximate surface area is 151 Å². The summed E-state index contributed by atoms with van der Waals surface area (Å²) in [7, 11) is -3.48. The van der Waals surface area contributed by atoms with E-state index < -0.39 is 16.4 Å². The Morgan fingerprint density at radius 2 is 1.29 bits per heavy atom. The Morgan fingerprint density at radius 3 is 1.62 bits per heavy atom. The van der Waals surface area contributed by atoms with E-state index in [0.29, 0.717) is 0 Å². The highest BCUT2D eigenvalue weighted by Crippen LogP contribution is 2.37. The molecule has 1 nitrogen and oxygen atoms in total. The molecular weight excluding hydrogens is 324 g/mol. The molecule has 1 rings (SSSR count). The van der Waals surface area contributed by atoms with Crippen molar-refractivity contribution in [2.75, 3.05) is 0 Å². The first-order chi connectivity index (χ1) is 11.1. The molecule has 1 aromatic rings. The fourth-order valence-corrected chi connectivity index (χ4v) is 7.53. The summed E-state index contributed by atoms with van der Waals surface area (Å²) in [5, 5.41) is 1.64. The van der Waals surface area contributed by atoms with Crippen molar-refractivity contribution in [1.29, 1.82) is 0 Å². The van der Waals surface area contributed by atoms with Gasteiger partial charge in [0.05, 0.1) is 8.07 Å². The molecule has 0 atom stereocenters. The van der Waals surface area contributed by atoms with Crippen LogP contribution in [0.15, 0.2) is 62.2 Å². The molecule has 0 heterocycles. The molecule has 0 amide bonds. The number of hydrogen-bond donors (Lipinski definition) is 0. The van der Waals surface area contributed by atoms with Crippen molar-refractivity contribution in [3.05, 3.63) is 62.2 Å². The van der Waals surface area contributed by atoms with Crippen LogP contribution in [-0.4, -0.2) is 16.4 Å². The summed E-state index contributed by atoms with van der Waals surface area (Å²) < 4.78 is 6.41. The van der Waals surface area contributed by atoms with E-state index >= 15 is 0 Å². The summed E-state index contributed by atoms with van der Waals surface area (Å²) in [4.78, 5) is 0. The van der Waals surface area contributed by atoms with E-state index in [1.54, 1.807) is 0 Å². The van der Waals surface area contributed by atoms with Gasteiger partial charge in [0, 0.05) is 0 Å². The van der Waals surface area contributed by atoms with Crippen molar-refractivity contribution in [2.45, 2.75) is 57.0 Å². The topological polar surface area (TPSA) is 9.23 Å². The summed E-state index contributed by atoms with van der Waals surface area (Å²) >= 11 is 0. The predicted molar refractivity (Wildman–Crippen MR) is 115 cm³/mol. The molecule has 24 heavy (non-hydrogen) atoms. The van der Waals surface area contributed by atoms with Gasteiger partial charge in [-0.2, -0.15) is 0 Å². The van der Waals surface area contributed by atoms with E-state index in [2.05, 4.69) is 96.1 Å². The summed E-state index contributed by atoms with van der Waals surface area (Å²) in [6.45, 7) is 23.3. The maximum absolute atomic E-state index is 6.41. The normalized spacial score (nSPS) is 12.5. The molecular formula is C21H34OSi2. The minimum Gasteiger partial charge on any atom is -0.544 e. The lowest BCUT2D eigenvalue weighted by atomic mass is 10.2. The van der Waals surface area contributed by atoms with E-state index in [4.69, 9.17) is 4.43 Å². The van der Waals surface area contributed by atoms with Crippen molar-refractivity contribution in [3.63, 3.8) is 0 Å². The van der Waals surface area contributed by atoms with Crippen LogP contribution in [0, 0.1) is 0 Å². The average molecular weight is 359 g/mol. The SMILES string of the molecule is C=CC[Si](CC=C)(CC=C)c1ccc(O[Si](C)(C)C(C)(C)C)cc1. The lowest BCUT2D eigenvalue weighted by Crippen LogP contribution is -2.46. The van der Waals surface area contributed by atoms with Gasteiger partial charge in [-0.15, -0.1) is 19.7 Å². The molecule has 0 fully saturated rings. The lowest BCUT2D eigenvalue weighted by Gasteiger charge is -2.36. The van der Waals surface area contributed by atoms with Crippen molar-refractivity contribution < 1.29 is 4.43 Å². The van der Waals surface area contributed by atoms with Gasteiger partial charge < -0.3 is 4.43 Å². The van der Waals surface area contributed by atoms with Gasteiger partial charge in [0.2, 0.25) is 8.32 Å². The summed E-state index contributed by atoms with van der Waals surface area (Å²) in [5.74, 6) is 0.990. The van der Waals surface area contributed by atoms with Gasteiger partial charge >= 0.3 is 0 Å². The molecule has 1 aromatic carbocycles. The van der Waals surface area contributed by atoms with Gasteiger partial charge in [0.25, 0.3) is 0 Å². The lowest BCUT2D eigenvalue weighted by molar-refractivity contribution is 0.492. The van der Waals surface area contributed by atoms with Crippen LogP contribution in [0.5, 0.6) is 5.75 Å². The highest BCUT2D eigenvalue weighted by atomic mass is 28.4. The molecule has 0 aliphatic heterocycles. The van der Waals surface area contributed by atoms with Gasteiger partial charge in [0.15, 0.2) is 0 Å². The molecule has 0 saturated carbocycles. The monoisotopic (exact) mass is 358 g/mol. The highest BCUT2D eigenvalue weighted by Gasteiger charge is 2.39. The van der Waals surface area contributed by atoms with Crippen LogP contribution in [-0.2, 0) is 0 Å². The summed E-state index contributed by atoms with van der Waals surface area (Å²) in [6, 6.07) is 11.9. The minimum atomic E-state index is -1.79.